The zero-order valence-corrected chi connectivity index (χ0v) is 25.9. The van der Waals surface area contributed by atoms with Crippen LogP contribution in [-0.4, -0.2) is 45.8 Å². The van der Waals surface area contributed by atoms with Crippen molar-refractivity contribution < 1.29 is 33.3 Å². The maximum Gasteiger partial charge on any atom is 0.337 e. The van der Waals surface area contributed by atoms with Crippen LogP contribution >= 0.6 is 0 Å². The molecule has 230 valence electrons. The Morgan fingerprint density at radius 1 is 0.860 bits per heavy atom. The Kier molecular flexibility index (Phi) is 9.63. The molecule has 2 aromatic carbocycles. The highest BCUT2D eigenvalue weighted by atomic mass is 16.5. The van der Waals surface area contributed by atoms with E-state index in [1.807, 2.05) is 50.2 Å². The number of methoxy groups -OCH3 is 3. The first-order valence-electron chi connectivity index (χ1n) is 15.4. The van der Waals surface area contributed by atoms with Gasteiger partial charge in [0.1, 0.15) is 6.10 Å². The largest absolute Gasteiger partial charge is 0.493 e. The summed E-state index contributed by atoms with van der Waals surface area (Å²) in [5.74, 6) is 1.46. The number of ketones is 1. The van der Waals surface area contributed by atoms with Gasteiger partial charge in [-0.25, -0.2) is 4.79 Å². The molecule has 2 aromatic rings. The number of Topliss-reactive ketones (excluding diaryl/α,β-unsaturated/α-hetero) is 1. The number of allylic oxidation sites excluding steroid dienone is 3. The van der Waals surface area contributed by atoms with E-state index < -0.39 is 5.92 Å². The SMILES string of the molecule is CCCOc1ccc([C@H]2C(C(=O)OC3CCCCC3)=C(C)NC3=C2C(=O)C[C@@H](c2ccc(OC)c(OC)c2)C3)cc1OC. The highest BCUT2D eigenvalue weighted by Crippen LogP contribution is 2.48. The molecule has 2 aliphatic carbocycles. The molecule has 1 aliphatic heterocycles. The monoisotopic (exact) mass is 589 g/mol. The Morgan fingerprint density at radius 2 is 1.51 bits per heavy atom. The van der Waals surface area contributed by atoms with Crippen LogP contribution in [0.2, 0.25) is 0 Å². The van der Waals surface area contributed by atoms with Crippen molar-refractivity contribution in [1.29, 1.82) is 0 Å². The van der Waals surface area contributed by atoms with Crippen molar-refractivity contribution in [3.8, 4) is 23.0 Å². The maximum atomic E-state index is 14.1. The highest BCUT2D eigenvalue weighted by Gasteiger charge is 2.42. The predicted molar refractivity (Wildman–Crippen MR) is 164 cm³/mol. The number of esters is 1. The molecule has 5 rings (SSSR count). The van der Waals surface area contributed by atoms with Gasteiger partial charge in [-0.2, -0.15) is 0 Å². The number of benzene rings is 2. The first-order chi connectivity index (χ1) is 20.9. The Hall–Kier alpha value is -3.94. The van der Waals surface area contributed by atoms with E-state index in [2.05, 4.69) is 5.32 Å². The molecule has 0 spiro atoms. The topological polar surface area (TPSA) is 92.3 Å². The van der Waals surface area contributed by atoms with Crippen molar-refractivity contribution in [1.82, 2.24) is 5.32 Å². The normalized spacial score (nSPS) is 20.7. The molecule has 1 N–H and O–H groups in total. The van der Waals surface area contributed by atoms with Crippen molar-refractivity contribution in [2.24, 2.45) is 0 Å². The predicted octanol–water partition coefficient (Wildman–Crippen LogP) is 6.74. The molecule has 0 unspecified atom stereocenters. The molecule has 0 saturated heterocycles. The van der Waals surface area contributed by atoms with E-state index in [9.17, 15) is 9.59 Å². The number of dihydropyridines is 1. The van der Waals surface area contributed by atoms with Crippen LogP contribution in [-0.2, 0) is 14.3 Å². The number of hydrogen-bond acceptors (Lipinski definition) is 8. The summed E-state index contributed by atoms with van der Waals surface area (Å²) in [4.78, 5) is 28.0. The zero-order chi connectivity index (χ0) is 30.5. The van der Waals surface area contributed by atoms with Gasteiger partial charge in [0.2, 0.25) is 0 Å². The average Bonchev–Trinajstić information content (AvgIpc) is 3.02. The fourth-order valence-corrected chi connectivity index (χ4v) is 6.58. The molecule has 0 radical (unpaired) electrons. The third-order valence-corrected chi connectivity index (χ3v) is 8.74. The number of carbonyl (C=O) groups excluding carboxylic acids is 2. The molecule has 8 nitrogen and oxygen atoms in total. The van der Waals surface area contributed by atoms with Crippen molar-refractivity contribution >= 4 is 11.8 Å². The summed E-state index contributed by atoms with van der Waals surface area (Å²) in [6, 6.07) is 11.5. The van der Waals surface area contributed by atoms with E-state index in [1.54, 1.807) is 21.3 Å². The van der Waals surface area contributed by atoms with Crippen molar-refractivity contribution in [2.45, 2.75) is 83.2 Å². The van der Waals surface area contributed by atoms with Gasteiger partial charge < -0.3 is 29.0 Å². The first-order valence-corrected chi connectivity index (χ1v) is 15.4. The van der Waals surface area contributed by atoms with E-state index in [4.69, 9.17) is 23.7 Å². The summed E-state index contributed by atoms with van der Waals surface area (Å²) in [6.07, 6.45) is 6.70. The lowest BCUT2D eigenvalue weighted by molar-refractivity contribution is -0.146. The minimum atomic E-state index is -0.583. The van der Waals surface area contributed by atoms with Crippen LogP contribution in [0.25, 0.3) is 0 Å². The molecule has 0 amide bonds. The fourth-order valence-electron chi connectivity index (χ4n) is 6.58. The van der Waals surface area contributed by atoms with Crippen LogP contribution in [0.4, 0.5) is 0 Å². The highest BCUT2D eigenvalue weighted by molar-refractivity contribution is 6.04. The second-order valence-corrected chi connectivity index (χ2v) is 11.6. The van der Waals surface area contributed by atoms with Crippen LogP contribution in [0.3, 0.4) is 0 Å². The third kappa shape index (κ3) is 6.38. The summed E-state index contributed by atoms with van der Waals surface area (Å²) in [5, 5.41) is 3.46. The van der Waals surface area contributed by atoms with E-state index in [-0.39, 0.29) is 23.8 Å². The van der Waals surface area contributed by atoms with Gasteiger partial charge in [-0.15, -0.1) is 0 Å². The number of ether oxygens (including phenoxy) is 5. The minimum Gasteiger partial charge on any atom is -0.493 e. The Labute approximate surface area is 254 Å². The Bertz CT molecular complexity index is 1420. The number of carbonyl (C=O) groups is 2. The molecule has 0 aromatic heterocycles. The second-order valence-electron chi connectivity index (χ2n) is 11.6. The molecule has 0 bridgehead atoms. The average molecular weight is 590 g/mol. The van der Waals surface area contributed by atoms with Gasteiger partial charge >= 0.3 is 5.97 Å². The van der Waals surface area contributed by atoms with Crippen LogP contribution in [0.5, 0.6) is 23.0 Å². The van der Waals surface area contributed by atoms with Crippen molar-refractivity contribution in [2.75, 3.05) is 27.9 Å². The standard InChI is InChI=1S/C35H43NO7/c1-6-16-42-29-15-13-23(20-31(29)41-5)33-32(35(38)43-25-10-8-7-9-11-25)21(2)36-26-17-24(18-27(37)34(26)33)22-12-14-28(39-3)30(19-22)40-4/h12-15,19-20,24-25,33,36H,6-11,16-18H2,1-5H3/t24-,33-/m0/s1. The van der Waals surface area contributed by atoms with Crippen LogP contribution < -0.4 is 24.3 Å². The summed E-state index contributed by atoms with van der Waals surface area (Å²) in [6.45, 7) is 4.51. The second kappa shape index (κ2) is 13.6. The molecule has 1 heterocycles. The van der Waals surface area contributed by atoms with E-state index in [1.165, 1.54) is 0 Å². The van der Waals surface area contributed by atoms with Gasteiger partial charge in [0.25, 0.3) is 0 Å². The lowest BCUT2D eigenvalue weighted by Gasteiger charge is -2.37. The van der Waals surface area contributed by atoms with Crippen LogP contribution in [0, 0.1) is 0 Å². The maximum absolute atomic E-state index is 14.1. The summed E-state index contributed by atoms with van der Waals surface area (Å²) in [5.41, 5.74) is 4.42. The summed E-state index contributed by atoms with van der Waals surface area (Å²) in [7, 11) is 4.81. The smallest absolute Gasteiger partial charge is 0.337 e. The third-order valence-electron chi connectivity index (χ3n) is 8.74. The van der Waals surface area contributed by atoms with Gasteiger partial charge in [0.15, 0.2) is 28.8 Å². The van der Waals surface area contributed by atoms with Gasteiger partial charge in [0.05, 0.1) is 33.5 Å². The molecule has 2 atom stereocenters. The molecular formula is C35H43NO7. The van der Waals surface area contributed by atoms with Crippen molar-refractivity contribution in [3.05, 3.63) is 70.1 Å². The van der Waals surface area contributed by atoms with Crippen LogP contribution in [0.15, 0.2) is 58.9 Å². The lowest BCUT2D eigenvalue weighted by Crippen LogP contribution is -2.37. The minimum absolute atomic E-state index is 0.000669. The van der Waals surface area contributed by atoms with E-state index >= 15 is 0 Å². The van der Waals surface area contributed by atoms with Crippen molar-refractivity contribution in [3.63, 3.8) is 0 Å². The molecule has 3 aliphatic rings. The van der Waals surface area contributed by atoms with E-state index in [0.717, 1.165) is 55.3 Å². The van der Waals surface area contributed by atoms with Crippen LogP contribution in [0.1, 0.15) is 88.2 Å². The number of nitrogens with one attached hydrogen (secondary N) is 1. The summed E-state index contributed by atoms with van der Waals surface area (Å²) < 4.78 is 28.6. The van der Waals surface area contributed by atoms with Gasteiger partial charge in [-0.05, 0) is 86.8 Å². The molecular weight excluding hydrogens is 546 g/mol. The number of hydrogen-bond donors (Lipinski definition) is 1. The Balaban J connectivity index is 1.54. The fraction of sp³-hybridized carbons (Fsp3) is 0.486. The van der Waals surface area contributed by atoms with Gasteiger partial charge in [-0.1, -0.05) is 25.5 Å². The molecule has 8 heteroatoms. The molecule has 1 saturated carbocycles. The van der Waals surface area contributed by atoms with E-state index in [0.29, 0.717) is 59.3 Å². The molecule has 43 heavy (non-hydrogen) atoms. The van der Waals surface area contributed by atoms with Gasteiger partial charge in [-0.3, -0.25) is 4.79 Å². The number of rotatable bonds is 10. The Morgan fingerprint density at radius 3 is 2.21 bits per heavy atom. The quantitative estimate of drug-likeness (QED) is 0.305. The van der Waals surface area contributed by atoms with Gasteiger partial charge in [0, 0.05) is 29.3 Å². The lowest BCUT2D eigenvalue weighted by atomic mass is 9.71. The zero-order valence-electron chi connectivity index (χ0n) is 25.9. The first kappa shape index (κ1) is 30.5. The summed E-state index contributed by atoms with van der Waals surface area (Å²) >= 11 is 0. The molecule has 1 fully saturated rings.